The van der Waals surface area contributed by atoms with Gasteiger partial charge in [0, 0.05) is 12.2 Å². The molecule has 17 heteroatoms. The van der Waals surface area contributed by atoms with Crippen LogP contribution in [-0.4, -0.2) is 80.5 Å². The van der Waals surface area contributed by atoms with Crippen molar-refractivity contribution in [3.8, 4) is 6.07 Å². The van der Waals surface area contributed by atoms with Crippen molar-refractivity contribution < 1.29 is 51.7 Å². The molecule has 58 heavy (non-hydrogen) atoms. The van der Waals surface area contributed by atoms with Gasteiger partial charge in [0.15, 0.2) is 0 Å². The minimum absolute atomic E-state index is 0.0399. The number of hydrogen-bond donors (Lipinski definition) is 3. The van der Waals surface area contributed by atoms with Crippen LogP contribution in [0.15, 0.2) is 30.6 Å². The standard InChI is InChI=1S/C41H60ClF2N4O9P/c1-3-4-5-6-7-8-9-10-11-12-13-14-15-16-17-18-23-53-25-32(54-24-31-19-20-33(43)37(42)38(31)44)26-55-58(51,52)56-27-35-39(49)40(50)41(28-45,57-35)36-22-21-34-30(2)46-29-47-48(34)36/h19-22,29,32,35,39-40,49-50H,3-18,23-27H2,1-2H3,(H,51,52)/t32-,35-,39-,40-,41+/m1/s1. The first-order chi connectivity index (χ1) is 27.9. The van der Waals surface area contributed by atoms with E-state index in [1.807, 2.05) is 6.07 Å². The van der Waals surface area contributed by atoms with E-state index < -0.39 is 67.7 Å². The number of nitriles is 1. The van der Waals surface area contributed by atoms with E-state index in [0.717, 1.165) is 31.7 Å². The number of phosphoric acid groups is 1. The van der Waals surface area contributed by atoms with Crippen molar-refractivity contribution in [3.63, 3.8) is 0 Å². The summed E-state index contributed by atoms with van der Waals surface area (Å²) in [4.78, 5) is 14.7. The molecule has 0 bridgehead atoms. The molecule has 3 aromatic rings. The van der Waals surface area contributed by atoms with Crippen LogP contribution >= 0.6 is 19.4 Å². The third kappa shape index (κ3) is 14.0. The predicted octanol–water partition coefficient (Wildman–Crippen LogP) is 8.81. The molecule has 4 rings (SSSR count). The third-order valence-electron chi connectivity index (χ3n) is 10.5. The Labute approximate surface area is 345 Å². The number of aliphatic hydroxyl groups excluding tert-OH is 2. The van der Waals surface area contributed by atoms with E-state index in [9.17, 15) is 33.7 Å². The maximum Gasteiger partial charge on any atom is 0.472 e. The van der Waals surface area contributed by atoms with Crippen LogP contribution in [0.3, 0.4) is 0 Å². The van der Waals surface area contributed by atoms with E-state index in [1.54, 1.807) is 13.0 Å². The molecule has 0 amide bonds. The van der Waals surface area contributed by atoms with Gasteiger partial charge in [-0.15, -0.1) is 0 Å². The minimum atomic E-state index is -4.86. The van der Waals surface area contributed by atoms with Crippen LogP contribution in [0, 0.1) is 29.9 Å². The lowest BCUT2D eigenvalue weighted by atomic mass is 9.92. The van der Waals surface area contributed by atoms with E-state index in [0.29, 0.717) is 17.8 Å². The van der Waals surface area contributed by atoms with Crippen LogP contribution in [0.5, 0.6) is 0 Å². The molecule has 3 heterocycles. The average molecular weight is 857 g/mol. The normalized spacial score (nSPS) is 21.1. The summed E-state index contributed by atoms with van der Waals surface area (Å²) in [5.74, 6) is -1.92. The molecule has 1 fully saturated rings. The summed E-state index contributed by atoms with van der Waals surface area (Å²) in [6.07, 6.45) is 15.2. The molecule has 1 aliphatic rings. The van der Waals surface area contributed by atoms with Gasteiger partial charge in [-0.1, -0.05) is 121 Å². The first-order valence-electron chi connectivity index (χ1n) is 20.6. The van der Waals surface area contributed by atoms with Crippen molar-refractivity contribution in [2.45, 2.75) is 153 Å². The van der Waals surface area contributed by atoms with Gasteiger partial charge in [0.1, 0.15) is 53.5 Å². The Balaban J connectivity index is 1.20. The highest BCUT2D eigenvalue weighted by Crippen LogP contribution is 2.46. The number of aliphatic hydroxyl groups is 2. The lowest BCUT2D eigenvalue weighted by molar-refractivity contribution is -0.0691. The summed E-state index contributed by atoms with van der Waals surface area (Å²) in [5.41, 5.74) is -0.878. The van der Waals surface area contributed by atoms with Gasteiger partial charge in [0.2, 0.25) is 5.60 Å². The summed E-state index contributed by atoms with van der Waals surface area (Å²) < 4.78 is 70.4. The molecule has 2 aromatic heterocycles. The SMILES string of the molecule is CCCCCCCCCCCCCCCCCCOC[C@H](COP(=O)(O)OC[C@H]1O[C@@](C#N)(c2ccc3c(C)ncnn23)[C@H](O)[C@@H]1O)OCc1ccc(F)c(Cl)c1F. The van der Waals surface area contributed by atoms with E-state index in [4.69, 9.17) is 34.9 Å². The molecule has 13 nitrogen and oxygen atoms in total. The Morgan fingerprint density at radius 1 is 0.948 bits per heavy atom. The number of benzene rings is 1. The highest BCUT2D eigenvalue weighted by atomic mass is 35.5. The second kappa shape index (κ2) is 24.6. The molecule has 0 saturated carbocycles. The Morgan fingerprint density at radius 3 is 2.19 bits per heavy atom. The predicted molar refractivity (Wildman–Crippen MR) is 214 cm³/mol. The van der Waals surface area contributed by atoms with Crippen molar-refractivity contribution in [1.82, 2.24) is 14.6 Å². The molecule has 1 saturated heterocycles. The maximum atomic E-state index is 14.6. The van der Waals surface area contributed by atoms with Crippen LogP contribution in [0.25, 0.3) is 5.52 Å². The molecule has 1 unspecified atom stereocenters. The zero-order chi connectivity index (χ0) is 42.0. The van der Waals surface area contributed by atoms with Crippen LogP contribution in [0.4, 0.5) is 8.78 Å². The number of halogens is 3. The molecule has 0 spiro atoms. The fourth-order valence-electron chi connectivity index (χ4n) is 7.03. The number of unbranched alkanes of at least 4 members (excludes halogenated alkanes) is 15. The fourth-order valence-corrected chi connectivity index (χ4v) is 7.98. The van der Waals surface area contributed by atoms with Gasteiger partial charge in [-0.25, -0.2) is 22.8 Å². The molecular formula is C41H60ClF2N4O9P. The smallest absolute Gasteiger partial charge is 0.387 e. The third-order valence-corrected chi connectivity index (χ3v) is 11.8. The first-order valence-corrected chi connectivity index (χ1v) is 22.5. The van der Waals surface area contributed by atoms with Crippen LogP contribution in [0.1, 0.15) is 127 Å². The van der Waals surface area contributed by atoms with Gasteiger partial charge in [0.25, 0.3) is 0 Å². The zero-order valence-electron chi connectivity index (χ0n) is 33.7. The summed E-state index contributed by atoms with van der Waals surface area (Å²) in [5, 5.41) is 35.4. The molecule has 0 aliphatic carbocycles. The largest absolute Gasteiger partial charge is 0.472 e. The van der Waals surface area contributed by atoms with Gasteiger partial charge in [-0.3, -0.25) is 9.05 Å². The van der Waals surface area contributed by atoms with E-state index >= 15 is 0 Å². The van der Waals surface area contributed by atoms with Crippen LogP contribution in [0.2, 0.25) is 5.02 Å². The van der Waals surface area contributed by atoms with E-state index in [-0.39, 0.29) is 24.5 Å². The molecule has 324 valence electrons. The number of phosphoric ester groups is 1. The van der Waals surface area contributed by atoms with Crippen LogP contribution in [-0.2, 0) is 40.0 Å². The summed E-state index contributed by atoms with van der Waals surface area (Å²) in [6.45, 7) is 2.65. The molecular weight excluding hydrogens is 797 g/mol. The van der Waals surface area contributed by atoms with Gasteiger partial charge >= 0.3 is 7.82 Å². The monoisotopic (exact) mass is 856 g/mol. The van der Waals surface area contributed by atoms with Crippen molar-refractivity contribution in [2.24, 2.45) is 0 Å². The molecule has 1 aliphatic heterocycles. The number of nitrogens with zero attached hydrogens (tertiary/aromatic N) is 4. The lowest BCUT2D eigenvalue weighted by Crippen LogP contribution is -2.41. The molecule has 0 radical (unpaired) electrons. The fraction of sp³-hybridized carbons (Fsp3) is 0.683. The van der Waals surface area contributed by atoms with E-state index in [2.05, 4.69) is 17.0 Å². The maximum absolute atomic E-state index is 14.6. The number of rotatable bonds is 29. The summed E-state index contributed by atoms with van der Waals surface area (Å²) in [6, 6.07) is 7.24. The van der Waals surface area contributed by atoms with Crippen molar-refractivity contribution in [2.75, 3.05) is 26.4 Å². The number of fused-ring (bicyclic) bond motifs is 1. The van der Waals surface area contributed by atoms with Gasteiger partial charge in [-0.05, 0) is 31.5 Å². The second-order valence-electron chi connectivity index (χ2n) is 15.0. The lowest BCUT2D eigenvalue weighted by Gasteiger charge is -2.24. The van der Waals surface area contributed by atoms with Gasteiger partial charge < -0.3 is 29.3 Å². The zero-order valence-corrected chi connectivity index (χ0v) is 35.4. The number of aromatic nitrogens is 3. The second-order valence-corrected chi connectivity index (χ2v) is 16.8. The molecule has 6 atom stereocenters. The number of ether oxygens (including phenoxy) is 3. The van der Waals surface area contributed by atoms with Crippen LogP contribution < -0.4 is 0 Å². The topological polar surface area (TPSA) is 178 Å². The highest BCUT2D eigenvalue weighted by Gasteiger charge is 2.58. The van der Waals surface area contributed by atoms with Crippen molar-refractivity contribution >= 4 is 24.9 Å². The van der Waals surface area contributed by atoms with Gasteiger partial charge in [0.05, 0.1) is 43.3 Å². The number of aryl methyl sites for hydroxylation is 1. The Morgan fingerprint density at radius 2 is 1.57 bits per heavy atom. The Kier molecular flexibility index (Phi) is 20.4. The first kappa shape index (κ1) is 48.1. The van der Waals surface area contributed by atoms with Crippen molar-refractivity contribution in [1.29, 1.82) is 5.26 Å². The molecule has 3 N–H and O–H groups in total. The Hall–Kier alpha value is -2.61. The Bertz CT molecular complexity index is 1780. The quantitative estimate of drug-likeness (QED) is 0.0344. The van der Waals surface area contributed by atoms with Crippen molar-refractivity contribution in [3.05, 3.63) is 64.2 Å². The van der Waals surface area contributed by atoms with Gasteiger partial charge in [-0.2, -0.15) is 10.4 Å². The van der Waals surface area contributed by atoms with E-state index in [1.165, 1.54) is 100 Å². The molecule has 1 aromatic carbocycles. The minimum Gasteiger partial charge on any atom is -0.387 e. The summed E-state index contributed by atoms with van der Waals surface area (Å²) >= 11 is 5.72. The average Bonchev–Trinajstić information content (AvgIpc) is 3.76. The highest BCUT2D eigenvalue weighted by molar-refractivity contribution is 7.47. The number of hydrogen-bond acceptors (Lipinski definition) is 11. The summed E-state index contributed by atoms with van der Waals surface area (Å²) in [7, 11) is -4.86.